The van der Waals surface area contributed by atoms with E-state index in [4.69, 9.17) is 71.2 Å². The molecule has 0 fully saturated rings. The molecule has 6 aromatic heterocycles. The molecule has 0 aliphatic carbocycles. The topological polar surface area (TPSA) is 400 Å². The summed E-state index contributed by atoms with van der Waals surface area (Å²) in [6.07, 6.45) is 28.5. The first-order valence-corrected chi connectivity index (χ1v) is 56.5. The summed E-state index contributed by atoms with van der Waals surface area (Å²) in [4.78, 5) is 106. The van der Waals surface area contributed by atoms with Crippen molar-refractivity contribution in [2.75, 3.05) is 49.3 Å². The summed E-state index contributed by atoms with van der Waals surface area (Å²) >= 11 is 10.4. The molecule has 8 heterocycles. The summed E-state index contributed by atoms with van der Waals surface area (Å²) in [6, 6.07) is 59.9. The summed E-state index contributed by atoms with van der Waals surface area (Å²) in [5.74, 6) is 0.256. The Bertz CT molecular complexity index is 6580. The van der Waals surface area contributed by atoms with Gasteiger partial charge in [-0.05, 0) is 148 Å². The second-order valence-electron chi connectivity index (χ2n) is 37.3. The molecule has 0 bridgehead atoms. The summed E-state index contributed by atoms with van der Waals surface area (Å²) in [5, 5.41) is 65.0. The molecule has 8 aromatic carbocycles. The van der Waals surface area contributed by atoms with Gasteiger partial charge in [-0.15, -0.1) is 20.4 Å². The number of phenols is 2. The number of hydrogen-bond acceptors (Lipinski definition) is 24. The quantitative estimate of drug-likeness (QED) is 0.0152. The van der Waals surface area contributed by atoms with Crippen molar-refractivity contribution in [1.29, 1.82) is 0 Å². The molecule has 766 valence electrons. The highest BCUT2D eigenvalue weighted by molar-refractivity contribution is 8.07. The van der Waals surface area contributed by atoms with E-state index in [0.717, 1.165) is 209 Å². The molecule has 36 heteroatoms. The number of unbranched alkanes of at least 4 members (excludes halogenated alkanes) is 20. The molecule has 6 N–H and O–H groups in total. The minimum absolute atomic E-state index is 0.00856. The molecular formula is C110H128N16O16P2S2. The van der Waals surface area contributed by atoms with Crippen LogP contribution in [0.2, 0.25) is 0 Å². The predicted molar refractivity (Wildman–Crippen MR) is 570 cm³/mol. The number of aromatic hydroxyl groups is 2. The van der Waals surface area contributed by atoms with E-state index >= 15 is 0 Å². The van der Waals surface area contributed by atoms with Crippen molar-refractivity contribution in [2.45, 2.75) is 245 Å². The van der Waals surface area contributed by atoms with Crippen molar-refractivity contribution in [1.82, 2.24) is 70.6 Å². The number of rotatable bonds is 57. The summed E-state index contributed by atoms with van der Waals surface area (Å²) in [7, 11) is 0. The number of fused-ring (bicyclic) bond motifs is 12. The molecule has 0 radical (unpaired) electrons. The van der Waals surface area contributed by atoms with Gasteiger partial charge in [-0.3, -0.25) is 38.1 Å². The fourth-order valence-electron chi connectivity index (χ4n) is 19.0. The molecule has 0 saturated heterocycles. The van der Waals surface area contributed by atoms with Gasteiger partial charge < -0.3 is 67.4 Å². The number of carbonyl (C=O) groups is 4. The lowest BCUT2D eigenvalue weighted by molar-refractivity contribution is -0.125. The number of para-hydroxylation sites is 2. The van der Waals surface area contributed by atoms with E-state index < -0.39 is 13.4 Å². The number of amides is 4. The molecule has 146 heavy (non-hydrogen) atoms. The minimum Gasteiger partial charge on any atom is -0.508 e. The van der Waals surface area contributed by atoms with Crippen molar-refractivity contribution in [3.63, 3.8) is 0 Å². The Hall–Kier alpha value is -12.7. The Labute approximate surface area is 859 Å². The van der Waals surface area contributed by atoms with Crippen molar-refractivity contribution < 1.29 is 66.1 Å². The lowest BCUT2D eigenvalue weighted by atomic mass is 9.95. The lowest BCUT2D eigenvalue weighted by Crippen LogP contribution is -2.33. The standard InChI is InChI=1S/C110H128N16O16P2S2/c127-95-57-55-91-97(129)73-99(79-39-19-17-20-40-79)141-109(91)89(95)53-51-83-77-121(117-113-83)65-33-11-5-1-3-7-13-35-67-125-107-85-45-25-23-43-81(85)75-123(93-49-29-27-47-87(93)105(107)115-119-125)103(133)61-59-101(131)111-63-31-9-15-37-69-137-143(135,145)139-71-72-140-144(136,146)138-70-38-16-10-32-64-112-102(132)60-62-104(134)124-76-82-44-24-26-46-86(82)108-106(88-48-28-30-50-94(88)124)116-120-126(108)68-36-14-8-4-2-6-12-34-66-122-78-84(114-118-122)52-54-90-96(128)58-56-92-98(130)74-100(142-110(90)92)80-41-21-18-22-42-80/h17-30,39-50,55-58,73-74,77-78,127-128H,1-16,31-38,51-54,59-72,75-76H2,(H,111,131)(H,112,132)(H,135,145)(H,136,146). The molecular weight excluding hydrogens is 1930 g/mol. The van der Waals surface area contributed by atoms with Crippen LogP contribution < -0.4 is 31.3 Å². The van der Waals surface area contributed by atoms with Gasteiger partial charge in [0.05, 0.1) is 84.4 Å². The van der Waals surface area contributed by atoms with E-state index in [9.17, 15) is 48.8 Å². The van der Waals surface area contributed by atoms with Crippen LogP contribution in [0, 0.1) is 0 Å². The van der Waals surface area contributed by atoms with Crippen LogP contribution in [-0.2, 0) is 126 Å². The third kappa shape index (κ3) is 29.2. The smallest absolute Gasteiger partial charge is 0.324 e. The van der Waals surface area contributed by atoms with Crippen molar-refractivity contribution >= 4 is 94.0 Å². The van der Waals surface area contributed by atoms with Gasteiger partial charge in [-0.2, -0.15) is 0 Å². The van der Waals surface area contributed by atoms with Crippen molar-refractivity contribution in [2.24, 2.45) is 0 Å². The van der Waals surface area contributed by atoms with Crippen LogP contribution in [0.1, 0.15) is 213 Å². The average Bonchev–Trinajstić information content (AvgIpc) is 1.57. The third-order valence-electron chi connectivity index (χ3n) is 26.7. The number of aromatic nitrogens is 12. The molecule has 2 unspecified atom stereocenters. The fourth-order valence-corrected chi connectivity index (χ4v) is 21.3. The molecule has 0 saturated carbocycles. The molecule has 16 rings (SSSR count). The number of nitrogens with zero attached hydrogens (tertiary/aromatic N) is 14. The second kappa shape index (κ2) is 53.1. The Morgan fingerprint density at radius 2 is 0.719 bits per heavy atom. The fraction of sp³-hybridized carbons (Fsp3) is 0.400. The summed E-state index contributed by atoms with van der Waals surface area (Å²) < 4.78 is 42.2. The van der Waals surface area contributed by atoms with Crippen LogP contribution in [0.5, 0.6) is 11.5 Å². The molecule has 4 amide bonds. The van der Waals surface area contributed by atoms with Crippen LogP contribution in [0.4, 0.5) is 11.4 Å². The number of hydrogen-bond donors (Lipinski definition) is 6. The van der Waals surface area contributed by atoms with E-state index in [0.29, 0.717) is 158 Å². The first kappa shape index (κ1) is 106. The van der Waals surface area contributed by atoms with Crippen molar-refractivity contribution in [3.05, 3.63) is 261 Å². The predicted octanol–water partition coefficient (Wildman–Crippen LogP) is 20.7. The average molecular weight is 2060 g/mol. The number of aryl methyl sites for hydroxylation is 8. The van der Waals surface area contributed by atoms with Gasteiger partial charge in [0, 0.05) is 134 Å². The van der Waals surface area contributed by atoms with Crippen molar-refractivity contribution in [3.8, 4) is 79.2 Å². The number of nitrogens with one attached hydrogen (secondary N) is 2. The van der Waals surface area contributed by atoms with Crippen LogP contribution in [0.15, 0.2) is 225 Å². The maximum Gasteiger partial charge on any atom is 0.324 e. The van der Waals surface area contributed by atoms with Crippen LogP contribution in [-0.4, -0.2) is 143 Å². The largest absolute Gasteiger partial charge is 0.508 e. The minimum atomic E-state index is -3.62. The maximum atomic E-state index is 14.3. The molecule has 2 aliphatic rings. The SMILES string of the molecule is O=C(CCC(=O)N1Cc2ccccc2-c2c(nnn2CCCCCCCCCCn2cc(CCc3c(O)ccc4c(=O)cc(-c5ccccc5)oc34)nn2)-c2ccccc21)NCCCCCCOP(O)(=S)OCCOP(O)(=S)OCCCCCCNC(=O)CCC(=O)N1Cc2ccccc2-c2c(nnn2CCCCCCCCCCn2cc(CCc3c(O)ccc4c(=O)cc(-c5ccccc5)oc34)nn2)-c2ccccc21. The highest BCUT2D eigenvalue weighted by atomic mass is 32.5. The van der Waals surface area contributed by atoms with Gasteiger partial charge in [-0.1, -0.05) is 269 Å². The second-order valence-corrected chi connectivity index (χ2v) is 43.0. The Balaban J connectivity index is 0.370. The molecule has 14 aromatic rings. The number of anilines is 2. The van der Waals surface area contributed by atoms with Gasteiger partial charge >= 0.3 is 13.4 Å². The van der Waals surface area contributed by atoms with Gasteiger partial charge in [0.25, 0.3) is 0 Å². The first-order chi connectivity index (χ1) is 71.2. The Morgan fingerprint density at radius 3 is 1.13 bits per heavy atom. The molecule has 32 nitrogen and oxygen atoms in total. The number of benzene rings is 8. The van der Waals surface area contributed by atoms with E-state index in [1.807, 2.05) is 177 Å². The number of carbonyl (C=O) groups excluding carboxylic acids is 4. The first-order valence-electron chi connectivity index (χ1n) is 51.3. The van der Waals surface area contributed by atoms with Gasteiger partial charge in [0.1, 0.15) is 45.6 Å². The summed E-state index contributed by atoms with van der Waals surface area (Å²) in [6.45, 7) is -2.91. The molecule has 2 atom stereocenters. The summed E-state index contributed by atoms with van der Waals surface area (Å²) in [5.41, 5.74) is 14.9. The highest BCUT2D eigenvalue weighted by Crippen LogP contribution is 2.48. The Kier molecular flexibility index (Phi) is 38.5. The van der Waals surface area contributed by atoms with Crippen LogP contribution >= 0.6 is 13.4 Å². The zero-order chi connectivity index (χ0) is 101. The zero-order valence-electron chi connectivity index (χ0n) is 82.4. The monoisotopic (exact) mass is 2050 g/mol. The van der Waals surface area contributed by atoms with E-state index in [1.54, 1.807) is 34.1 Å². The van der Waals surface area contributed by atoms with Gasteiger partial charge in [0.15, 0.2) is 10.9 Å². The normalized spacial score (nSPS) is 13.1. The molecule has 2 aliphatic heterocycles. The van der Waals surface area contributed by atoms with E-state index in [-0.39, 0.29) is 98.1 Å². The zero-order valence-corrected chi connectivity index (χ0v) is 85.8. The third-order valence-corrected chi connectivity index (χ3v) is 30.0. The number of phenolic OH excluding ortho intramolecular Hbond substituents is 2. The maximum absolute atomic E-state index is 14.3. The van der Waals surface area contributed by atoms with Crippen LogP contribution in [0.25, 0.3) is 89.6 Å². The van der Waals surface area contributed by atoms with E-state index in [2.05, 4.69) is 43.4 Å². The molecule has 0 spiro atoms. The highest BCUT2D eigenvalue weighted by Gasteiger charge is 2.33. The Morgan fingerprint density at radius 1 is 0.370 bits per heavy atom. The van der Waals surface area contributed by atoms with E-state index in [1.165, 1.54) is 12.1 Å². The van der Waals surface area contributed by atoms with Gasteiger partial charge in [-0.25, -0.2) is 9.36 Å². The van der Waals surface area contributed by atoms with Crippen LogP contribution in [0.3, 0.4) is 0 Å². The van der Waals surface area contributed by atoms with Gasteiger partial charge in [0.2, 0.25) is 23.6 Å². The lowest BCUT2D eigenvalue weighted by Gasteiger charge is -2.28.